The van der Waals surface area contributed by atoms with Gasteiger partial charge in [0.15, 0.2) is 6.10 Å². The van der Waals surface area contributed by atoms with Crippen LogP contribution in [0.25, 0.3) is 0 Å². The molecule has 12 heavy (non-hydrogen) atoms. The Kier molecular flexibility index (Phi) is 4.90. The van der Waals surface area contributed by atoms with Gasteiger partial charge in [0.25, 0.3) is 5.24 Å². The van der Waals surface area contributed by atoms with Crippen LogP contribution in [0.2, 0.25) is 0 Å². The third-order valence-electron chi connectivity index (χ3n) is 1.68. The van der Waals surface area contributed by atoms with E-state index in [1.807, 2.05) is 13.8 Å². The molecule has 0 saturated carbocycles. The zero-order chi connectivity index (χ0) is 9.72. The van der Waals surface area contributed by atoms with Gasteiger partial charge < -0.3 is 4.74 Å². The zero-order valence-corrected chi connectivity index (χ0v) is 8.22. The molecule has 0 aliphatic rings. The second-order valence-corrected chi connectivity index (χ2v) is 3.09. The molecule has 0 amide bonds. The maximum Gasteiger partial charge on any atom is 0.303 e. The number of rotatable bonds is 4. The van der Waals surface area contributed by atoms with Crippen molar-refractivity contribution in [3.63, 3.8) is 0 Å². The fourth-order valence-electron chi connectivity index (χ4n) is 0.779. The van der Waals surface area contributed by atoms with Gasteiger partial charge in [0.05, 0.1) is 0 Å². The average Bonchev–Trinajstić information content (AvgIpc) is 1.98. The first-order chi connectivity index (χ1) is 5.49. The van der Waals surface area contributed by atoms with Gasteiger partial charge >= 0.3 is 5.97 Å². The van der Waals surface area contributed by atoms with Crippen molar-refractivity contribution in [1.29, 1.82) is 0 Å². The van der Waals surface area contributed by atoms with Crippen LogP contribution in [0.5, 0.6) is 0 Å². The molecule has 0 bridgehead atoms. The van der Waals surface area contributed by atoms with Crippen molar-refractivity contribution < 1.29 is 14.3 Å². The summed E-state index contributed by atoms with van der Waals surface area (Å²) in [6.45, 7) is 4.98. The Labute approximate surface area is 77.0 Å². The zero-order valence-electron chi connectivity index (χ0n) is 7.46. The summed E-state index contributed by atoms with van der Waals surface area (Å²) in [5.41, 5.74) is 0. The monoisotopic (exact) mass is 192 g/mol. The molecule has 0 aromatic carbocycles. The number of carbonyl (C=O) groups excluding carboxylic acids is 2. The molecule has 0 saturated heterocycles. The van der Waals surface area contributed by atoms with Crippen molar-refractivity contribution in [3.8, 4) is 0 Å². The molecule has 0 aromatic rings. The quantitative estimate of drug-likeness (QED) is 0.503. The molecule has 0 aliphatic heterocycles. The normalized spacial score (nSPS) is 15.0. The summed E-state index contributed by atoms with van der Waals surface area (Å²) in [5, 5.41) is -0.612. The van der Waals surface area contributed by atoms with E-state index in [1.165, 1.54) is 6.92 Å². The van der Waals surface area contributed by atoms with Crippen LogP contribution in [0.15, 0.2) is 0 Å². The van der Waals surface area contributed by atoms with E-state index in [0.717, 1.165) is 6.42 Å². The Hall–Kier alpha value is -0.570. The van der Waals surface area contributed by atoms with Gasteiger partial charge in [-0.1, -0.05) is 13.8 Å². The third-order valence-corrected chi connectivity index (χ3v) is 1.89. The van der Waals surface area contributed by atoms with Gasteiger partial charge in [0, 0.05) is 12.8 Å². The summed E-state index contributed by atoms with van der Waals surface area (Å²) >= 11 is 5.25. The first kappa shape index (κ1) is 11.4. The Balaban J connectivity index is 4.22. The van der Waals surface area contributed by atoms with Crippen LogP contribution >= 0.6 is 11.6 Å². The lowest BCUT2D eigenvalue weighted by Crippen LogP contribution is -2.29. The molecule has 2 atom stereocenters. The molecule has 0 unspecified atom stereocenters. The highest BCUT2D eigenvalue weighted by molar-refractivity contribution is 6.64. The van der Waals surface area contributed by atoms with E-state index in [-0.39, 0.29) is 5.92 Å². The molecule has 0 fully saturated rings. The van der Waals surface area contributed by atoms with Gasteiger partial charge in [-0.25, -0.2) is 0 Å². The average molecular weight is 193 g/mol. The Bertz CT molecular complexity index is 179. The predicted molar refractivity (Wildman–Crippen MR) is 45.9 cm³/mol. The molecule has 0 aromatic heterocycles. The molecule has 0 aliphatic carbocycles. The molecule has 0 N–H and O–H groups in total. The lowest BCUT2D eigenvalue weighted by Gasteiger charge is -2.18. The number of hydrogen-bond donors (Lipinski definition) is 0. The van der Waals surface area contributed by atoms with Crippen molar-refractivity contribution in [1.82, 2.24) is 0 Å². The van der Waals surface area contributed by atoms with Crippen molar-refractivity contribution in [2.45, 2.75) is 33.3 Å². The molecule has 0 radical (unpaired) electrons. The summed E-state index contributed by atoms with van der Waals surface area (Å²) in [5.74, 6) is -0.506. The molecule has 4 heteroatoms. The molecule has 70 valence electrons. The number of hydrogen-bond acceptors (Lipinski definition) is 3. The van der Waals surface area contributed by atoms with Crippen molar-refractivity contribution in [2.24, 2.45) is 5.92 Å². The van der Waals surface area contributed by atoms with Gasteiger partial charge in [-0.15, -0.1) is 0 Å². The second-order valence-electron chi connectivity index (χ2n) is 2.72. The maximum atomic E-state index is 10.8. The fourth-order valence-corrected chi connectivity index (χ4v) is 1.04. The minimum atomic E-state index is -0.797. The van der Waals surface area contributed by atoms with Crippen LogP contribution in [-0.2, 0) is 14.3 Å². The van der Waals surface area contributed by atoms with Crippen LogP contribution in [-0.4, -0.2) is 17.3 Å². The Morgan fingerprint density at radius 1 is 1.50 bits per heavy atom. The van der Waals surface area contributed by atoms with Crippen LogP contribution in [0.1, 0.15) is 27.2 Å². The van der Waals surface area contributed by atoms with E-state index < -0.39 is 17.3 Å². The minimum Gasteiger partial charge on any atom is -0.453 e. The summed E-state index contributed by atoms with van der Waals surface area (Å²) in [6, 6.07) is 0. The summed E-state index contributed by atoms with van der Waals surface area (Å²) in [6.07, 6.45) is -0.0506. The Morgan fingerprint density at radius 3 is 2.25 bits per heavy atom. The summed E-state index contributed by atoms with van der Waals surface area (Å²) in [7, 11) is 0. The van der Waals surface area contributed by atoms with Gasteiger partial charge in [-0.2, -0.15) is 0 Å². The number of halogens is 1. The smallest absolute Gasteiger partial charge is 0.303 e. The lowest BCUT2D eigenvalue weighted by molar-refractivity contribution is -0.153. The van der Waals surface area contributed by atoms with Crippen LogP contribution in [0.4, 0.5) is 0 Å². The SMILES string of the molecule is CC[C@H](C)[C@H](OC(C)=O)C(=O)Cl. The molecule has 3 nitrogen and oxygen atoms in total. The van der Waals surface area contributed by atoms with E-state index in [9.17, 15) is 9.59 Å². The predicted octanol–water partition coefficient (Wildman–Crippen LogP) is 1.73. The van der Waals surface area contributed by atoms with E-state index in [0.29, 0.717) is 0 Å². The molecule has 0 heterocycles. The number of esters is 1. The molecular formula is C8H13ClO3. The van der Waals surface area contributed by atoms with E-state index in [4.69, 9.17) is 16.3 Å². The molecule has 0 rings (SSSR count). The summed E-state index contributed by atoms with van der Waals surface area (Å²) in [4.78, 5) is 21.3. The number of ether oxygens (including phenoxy) is 1. The van der Waals surface area contributed by atoms with Crippen LogP contribution in [0, 0.1) is 5.92 Å². The standard InChI is InChI=1S/C8H13ClO3/c1-4-5(2)7(8(9)11)12-6(3)10/h5,7H,4H2,1-3H3/t5-,7-/m0/s1. The fraction of sp³-hybridized carbons (Fsp3) is 0.750. The minimum absolute atomic E-state index is 0.0288. The molecule has 0 spiro atoms. The Morgan fingerprint density at radius 2 is 2.00 bits per heavy atom. The topological polar surface area (TPSA) is 43.4 Å². The highest BCUT2D eigenvalue weighted by Crippen LogP contribution is 2.14. The lowest BCUT2D eigenvalue weighted by atomic mass is 10.0. The van der Waals surface area contributed by atoms with Gasteiger partial charge in [0.1, 0.15) is 0 Å². The van der Waals surface area contributed by atoms with Gasteiger partial charge in [-0.3, -0.25) is 9.59 Å². The second kappa shape index (κ2) is 5.14. The van der Waals surface area contributed by atoms with Crippen molar-refractivity contribution >= 4 is 22.8 Å². The first-order valence-electron chi connectivity index (χ1n) is 3.85. The third kappa shape index (κ3) is 3.72. The molecular weight excluding hydrogens is 180 g/mol. The number of carbonyl (C=O) groups is 2. The van der Waals surface area contributed by atoms with Crippen LogP contribution < -0.4 is 0 Å². The van der Waals surface area contributed by atoms with Crippen molar-refractivity contribution in [3.05, 3.63) is 0 Å². The van der Waals surface area contributed by atoms with Crippen LogP contribution in [0.3, 0.4) is 0 Å². The summed E-state index contributed by atoms with van der Waals surface area (Å²) < 4.78 is 4.74. The van der Waals surface area contributed by atoms with Crippen molar-refractivity contribution in [2.75, 3.05) is 0 Å². The van der Waals surface area contributed by atoms with E-state index in [2.05, 4.69) is 0 Å². The largest absolute Gasteiger partial charge is 0.453 e. The van der Waals surface area contributed by atoms with E-state index in [1.54, 1.807) is 0 Å². The van der Waals surface area contributed by atoms with E-state index >= 15 is 0 Å². The maximum absolute atomic E-state index is 10.8. The highest BCUT2D eigenvalue weighted by Gasteiger charge is 2.24. The first-order valence-corrected chi connectivity index (χ1v) is 4.23. The van der Waals surface area contributed by atoms with Gasteiger partial charge in [0.2, 0.25) is 0 Å². The highest BCUT2D eigenvalue weighted by atomic mass is 35.5. The van der Waals surface area contributed by atoms with Gasteiger partial charge in [-0.05, 0) is 18.0 Å².